The lowest BCUT2D eigenvalue weighted by molar-refractivity contribution is 0.0802. The van der Waals surface area contributed by atoms with Crippen molar-refractivity contribution in [2.24, 2.45) is 0 Å². The third-order valence-electron chi connectivity index (χ3n) is 1.93. The number of hydrogen-bond donors (Lipinski definition) is 1. The number of rotatable bonds is 2. The minimum Gasteiger partial charge on any atom is -0.384 e. The molecule has 0 bridgehead atoms. The van der Waals surface area contributed by atoms with Gasteiger partial charge in [-0.05, 0) is 13.0 Å². The molecular weight excluding hydrogens is 202 g/mol. The van der Waals surface area contributed by atoms with Gasteiger partial charge in [0.2, 0.25) is 0 Å². The van der Waals surface area contributed by atoms with Crippen molar-refractivity contribution in [3.8, 4) is 0 Å². The molecule has 0 aliphatic carbocycles. The van der Waals surface area contributed by atoms with E-state index in [-0.39, 0.29) is 5.91 Å². The highest BCUT2D eigenvalue weighted by Gasteiger charge is 2.14. The number of nitrogens with two attached hydrogens (primary N) is 1. The molecule has 0 atom stereocenters. The maximum Gasteiger partial charge on any atom is 0.255 e. The molecule has 1 aromatic heterocycles. The number of aromatic nitrogens is 1. The van der Waals surface area contributed by atoms with Crippen molar-refractivity contribution in [1.82, 2.24) is 9.88 Å². The average Bonchev–Trinajstić information content (AvgIpc) is 2.19. The fourth-order valence-corrected chi connectivity index (χ4v) is 1.15. The number of amides is 1. The highest BCUT2D eigenvalue weighted by atomic mass is 35.5. The summed E-state index contributed by atoms with van der Waals surface area (Å²) in [5, 5.41) is 0.324. The van der Waals surface area contributed by atoms with E-state index < -0.39 is 0 Å². The number of anilines is 1. The van der Waals surface area contributed by atoms with Crippen LogP contribution in [0.15, 0.2) is 12.3 Å². The topological polar surface area (TPSA) is 59.2 Å². The van der Waals surface area contributed by atoms with Crippen LogP contribution in [0.1, 0.15) is 17.3 Å². The average molecular weight is 214 g/mol. The summed E-state index contributed by atoms with van der Waals surface area (Å²) < 4.78 is 0. The van der Waals surface area contributed by atoms with Crippen molar-refractivity contribution in [2.45, 2.75) is 6.92 Å². The number of halogens is 1. The largest absolute Gasteiger partial charge is 0.384 e. The van der Waals surface area contributed by atoms with E-state index in [2.05, 4.69) is 4.98 Å². The summed E-state index contributed by atoms with van der Waals surface area (Å²) in [5.74, 6) is 0.147. The molecule has 0 unspecified atom stereocenters. The fourth-order valence-electron chi connectivity index (χ4n) is 0.968. The highest BCUT2D eigenvalue weighted by molar-refractivity contribution is 6.33. The summed E-state index contributed by atoms with van der Waals surface area (Å²) in [4.78, 5) is 17.0. The second-order valence-corrected chi connectivity index (χ2v) is 3.32. The third kappa shape index (κ3) is 2.14. The van der Waals surface area contributed by atoms with Gasteiger partial charge < -0.3 is 10.6 Å². The van der Waals surface area contributed by atoms with Gasteiger partial charge in [-0.25, -0.2) is 4.98 Å². The van der Waals surface area contributed by atoms with Crippen LogP contribution in [-0.4, -0.2) is 29.4 Å². The Kier molecular flexibility index (Phi) is 3.30. The van der Waals surface area contributed by atoms with Gasteiger partial charge >= 0.3 is 0 Å². The normalized spacial score (nSPS) is 9.93. The van der Waals surface area contributed by atoms with E-state index in [9.17, 15) is 4.79 Å². The summed E-state index contributed by atoms with van der Waals surface area (Å²) in [5.41, 5.74) is 5.86. The molecule has 14 heavy (non-hydrogen) atoms. The third-order valence-corrected chi connectivity index (χ3v) is 2.23. The summed E-state index contributed by atoms with van der Waals surface area (Å²) in [6.45, 7) is 2.51. The Bertz CT molecular complexity index is 354. The minimum atomic E-state index is -0.147. The van der Waals surface area contributed by atoms with E-state index in [1.54, 1.807) is 11.9 Å². The van der Waals surface area contributed by atoms with E-state index in [4.69, 9.17) is 17.3 Å². The van der Waals surface area contributed by atoms with Crippen LogP contribution < -0.4 is 5.73 Å². The maximum absolute atomic E-state index is 11.7. The Morgan fingerprint density at radius 1 is 1.71 bits per heavy atom. The molecule has 1 amide bonds. The van der Waals surface area contributed by atoms with Crippen LogP contribution in [0.25, 0.3) is 0 Å². The Morgan fingerprint density at radius 2 is 2.36 bits per heavy atom. The second kappa shape index (κ2) is 4.28. The standard InChI is InChI=1S/C9H12ClN3O/c1-3-13(2)9(14)6-4-8(11)12-5-7(6)10/h4-5H,3H2,1-2H3,(H2,11,12). The summed E-state index contributed by atoms with van der Waals surface area (Å²) in [7, 11) is 1.70. The van der Waals surface area contributed by atoms with Gasteiger partial charge in [-0.2, -0.15) is 0 Å². The van der Waals surface area contributed by atoms with Gasteiger partial charge in [0, 0.05) is 19.8 Å². The Morgan fingerprint density at radius 3 is 2.93 bits per heavy atom. The molecule has 0 saturated heterocycles. The van der Waals surface area contributed by atoms with Gasteiger partial charge in [-0.1, -0.05) is 11.6 Å². The number of nitrogen functional groups attached to an aromatic ring is 1. The minimum absolute atomic E-state index is 0.147. The van der Waals surface area contributed by atoms with E-state index >= 15 is 0 Å². The van der Waals surface area contributed by atoms with Crippen LogP contribution in [0.2, 0.25) is 5.02 Å². The smallest absolute Gasteiger partial charge is 0.255 e. The van der Waals surface area contributed by atoms with Gasteiger partial charge in [-0.15, -0.1) is 0 Å². The first-order valence-electron chi connectivity index (χ1n) is 4.22. The van der Waals surface area contributed by atoms with E-state index in [1.807, 2.05) is 6.92 Å². The van der Waals surface area contributed by atoms with Crippen LogP contribution in [0, 0.1) is 0 Å². The number of hydrogen-bond acceptors (Lipinski definition) is 3. The van der Waals surface area contributed by atoms with E-state index in [1.165, 1.54) is 12.3 Å². The lowest BCUT2D eigenvalue weighted by atomic mass is 10.2. The van der Waals surface area contributed by atoms with Crippen molar-refractivity contribution in [3.05, 3.63) is 22.8 Å². The monoisotopic (exact) mass is 213 g/mol. The highest BCUT2D eigenvalue weighted by Crippen LogP contribution is 2.17. The lowest BCUT2D eigenvalue weighted by Crippen LogP contribution is -2.26. The van der Waals surface area contributed by atoms with Crippen molar-refractivity contribution < 1.29 is 4.79 Å². The summed E-state index contributed by atoms with van der Waals surface area (Å²) in [6, 6.07) is 1.48. The molecule has 2 N–H and O–H groups in total. The van der Waals surface area contributed by atoms with Crippen LogP contribution in [0.4, 0.5) is 5.82 Å². The molecule has 0 radical (unpaired) electrons. The molecule has 0 aliphatic heterocycles. The van der Waals surface area contributed by atoms with Crippen molar-refractivity contribution >= 4 is 23.3 Å². The van der Waals surface area contributed by atoms with Crippen LogP contribution >= 0.6 is 11.6 Å². The Hall–Kier alpha value is -1.29. The number of carbonyl (C=O) groups excluding carboxylic acids is 1. The Balaban J connectivity index is 3.06. The zero-order valence-electron chi connectivity index (χ0n) is 8.12. The number of nitrogens with zero attached hydrogens (tertiary/aromatic N) is 2. The molecule has 0 spiro atoms. The van der Waals surface area contributed by atoms with Gasteiger partial charge in [0.1, 0.15) is 5.82 Å². The first kappa shape index (κ1) is 10.8. The zero-order chi connectivity index (χ0) is 10.7. The predicted molar refractivity (Wildman–Crippen MR) is 56.3 cm³/mol. The first-order valence-corrected chi connectivity index (χ1v) is 4.60. The first-order chi connectivity index (χ1) is 6.56. The predicted octanol–water partition coefficient (Wildman–Crippen LogP) is 1.41. The van der Waals surface area contributed by atoms with Crippen LogP contribution in [0.3, 0.4) is 0 Å². The van der Waals surface area contributed by atoms with E-state index in [0.29, 0.717) is 22.9 Å². The van der Waals surface area contributed by atoms with Crippen molar-refractivity contribution in [3.63, 3.8) is 0 Å². The Labute approximate surface area is 87.7 Å². The quantitative estimate of drug-likeness (QED) is 0.808. The van der Waals surface area contributed by atoms with Gasteiger partial charge in [0.15, 0.2) is 0 Å². The lowest BCUT2D eigenvalue weighted by Gasteiger charge is -2.15. The van der Waals surface area contributed by atoms with Crippen molar-refractivity contribution in [2.75, 3.05) is 19.3 Å². The van der Waals surface area contributed by atoms with Gasteiger partial charge in [0.25, 0.3) is 5.91 Å². The number of carbonyl (C=O) groups is 1. The molecule has 76 valence electrons. The SMILES string of the molecule is CCN(C)C(=O)c1cc(N)ncc1Cl. The van der Waals surface area contributed by atoms with Gasteiger partial charge in [0.05, 0.1) is 10.6 Å². The molecule has 1 rings (SSSR count). The van der Waals surface area contributed by atoms with E-state index in [0.717, 1.165) is 0 Å². The molecule has 0 aliphatic rings. The van der Waals surface area contributed by atoms with Gasteiger partial charge in [-0.3, -0.25) is 4.79 Å². The molecule has 1 heterocycles. The summed E-state index contributed by atoms with van der Waals surface area (Å²) in [6.07, 6.45) is 1.38. The van der Waals surface area contributed by atoms with Crippen LogP contribution in [-0.2, 0) is 0 Å². The molecule has 0 fully saturated rings. The molecular formula is C9H12ClN3O. The number of pyridine rings is 1. The van der Waals surface area contributed by atoms with Crippen LogP contribution in [0.5, 0.6) is 0 Å². The summed E-state index contributed by atoms with van der Waals surface area (Å²) >= 11 is 5.83. The van der Waals surface area contributed by atoms with Crippen molar-refractivity contribution in [1.29, 1.82) is 0 Å². The molecule has 5 heteroatoms. The maximum atomic E-state index is 11.7. The molecule has 0 saturated carbocycles. The second-order valence-electron chi connectivity index (χ2n) is 2.91. The molecule has 1 aromatic rings. The molecule has 0 aromatic carbocycles. The zero-order valence-corrected chi connectivity index (χ0v) is 8.88. The molecule has 4 nitrogen and oxygen atoms in total. The fraction of sp³-hybridized carbons (Fsp3) is 0.333.